The highest BCUT2D eigenvalue weighted by Crippen LogP contribution is 2.24. The van der Waals surface area contributed by atoms with Crippen LogP contribution in [0.5, 0.6) is 0 Å². The van der Waals surface area contributed by atoms with Gasteiger partial charge in [-0.3, -0.25) is 4.79 Å². The molecular weight excluding hydrogens is 370 g/mol. The maximum absolute atomic E-state index is 12.2. The summed E-state index contributed by atoms with van der Waals surface area (Å²) >= 11 is 21.2. The van der Waals surface area contributed by atoms with E-state index >= 15 is 0 Å². The summed E-state index contributed by atoms with van der Waals surface area (Å²) in [6, 6.07) is 10.2. The fraction of sp³-hybridized carbons (Fsp3) is 0.0714. The summed E-state index contributed by atoms with van der Waals surface area (Å²) in [4.78, 5) is 12.2. The third-order valence-electron chi connectivity index (χ3n) is 2.55. The van der Waals surface area contributed by atoms with Crippen LogP contribution in [-0.4, -0.2) is 5.78 Å². The smallest absolute Gasteiger partial charge is 0.167 e. The number of rotatable bonds is 3. The Balaban J connectivity index is 2.25. The van der Waals surface area contributed by atoms with Gasteiger partial charge >= 0.3 is 0 Å². The van der Waals surface area contributed by atoms with Crippen LogP contribution in [0.25, 0.3) is 0 Å². The normalized spacial score (nSPS) is 10.5. The molecule has 0 saturated carbocycles. The van der Waals surface area contributed by atoms with E-state index in [2.05, 4.69) is 15.9 Å². The molecule has 19 heavy (non-hydrogen) atoms. The topological polar surface area (TPSA) is 17.1 Å². The Morgan fingerprint density at radius 2 is 1.63 bits per heavy atom. The lowest BCUT2D eigenvalue weighted by atomic mass is 10.0. The Labute approximate surface area is 134 Å². The van der Waals surface area contributed by atoms with E-state index in [0.717, 1.165) is 10.0 Å². The average molecular weight is 378 g/mol. The quantitative estimate of drug-likeness (QED) is 0.614. The van der Waals surface area contributed by atoms with Crippen molar-refractivity contribution >= 4 is 56.5 Å². The van der Waals surface area contributed by atoms with Gasteiger partial charge in [-0.25, -0.2) is 0 Å². The molecule has 5 heteroatoms. The molecule has 2 aromatic rings. The fourth-order valence-electron chi connectivity index (χ4n) is 1.65. The summed E-state index contributed by atoms with van der Waals surface area (Å²) in [7, 11) is 0. The molecule has 0 heterocycles. The third-order valence-corrected chi connectivity index (χ3v) is 3.83. The molecule has 2 aromatic carbocycles. The van der Waals surface area contributed by atoms with Gasteiger partial charge in [-0.15, -0.1) is 0 Å². The maximum atomic E-state index is 12.2. The molecule has 0 saturated heterocycles. The lowest BCUT2D eigenvalue weighted by Crippen LogP contribution is -2.04. The van der Waals surface area contributed by atoms with E-state index in [0.29, 0.717) is 20.6 Å². The van der Waals surface area contributed by atoms with Crippen molar-refractivity contribution in [2.75, 3.05) is 0 Å². The number of hydrogen-bond donors (Lipinski definition) is 0. The number of hydrogen-bond acceptors (Lipinski definition) is 1. The minimum absolute atomic E-state index is 0.0753. The third kappa shape index (κ3) is 3.96. The molecule has 0 N–H and O–H groups in total. The van der Waals surface area contributed by atoms with Gasteiger partial charge in [-0.2, -0.15) is 0 Å². The van der Waals surface area contributed by atoms with E-state index in [4.69, 9.17) is 34.8 Å². The molecule has 0 radical (unpaired) electrons. The zero-order valence-electron chi connectivity index (χ0n) is 9.59. The van der Waals surface area contributed by atoms with Crippen LogP contribution in [0, 0.1) is 0 Å². The Hall–Kier alpha value is -0.540. The number of carbonyl (C=O) groups excluding carboxylic acids is 1. The van der Waals surface area contributed by atoms with Crippen LogP contribution >= 0.6 is 50.7 Å². The molecule has 0 aromatic heterocycles. The molecule has 2 rings (SSSR count). The van der Waals surface area contributed by atoms with Gasteiger partial charge in [0.25, 0.3) is 0 Å². The SMILES string of the molecule is O=C(Cc1ccc(Br)cc1Cl)c1cc(Cl)cc(Cl)c1. The lowest BCUT2D eigenvalue weighted by molar-refractivity contribution is 0.0993. The van der Waals surface area contributed by atoms with Crippen molar-refractivity contribution in [2.24, 2.45) is 0 Å². The molecule has 98 valence electrons. The number of halogens is 4. The van der Waals surface area contributed by atoms with Gasteiger partial charge in [-0.1, -0.05) is 56.8 Å². The molecule has 0 unspecified atom stereocenters. The predicted octanol–water partition coefficient (Wildman–Crippen LogP) is 5.83. The fourth-order valence-corrected chi connectivity index (χ4v) is 2.92. The first-order valence-electron chi connectivity index (χ1n) is 5.39. The van der Waals surface area contributed by atoms with Crippen molar-refractivity contribution in [1.82, 2.24) is 0 Å². The van der Waals surface area contributed by atoms with Gasteiger partial charge in [-0.05, 0) is 35.9 Å². The van der Waals surface area contributed by atoms with Gasteiger partial charge in [0.1, 0.15) is 0 Å². The van der Waals surface area contributed by atoms with E-state index < -0.39 is 0 Å². The van der Waals surface area contributed by atoms with Crippen molar-refractivity contribution in [3.05, 3.63) is 67.1 Å². The monoisotopic (exact) mass is 376 g/mol. The zero-order valence-corrected chi connectivity index (χ0v) is 13.4. The second-order valence-corrected chi connectivity index (χ2v) is 6.19. The highest BCUT2D eigenvalue weighted by atomic mass is 79.9. The van der Waals surface area contributed by atoms with Gasteiger partial charge in [0.05, 0.1) is 0 Å². The number of carbonyl (C=O) groups is 1. The van der Waals surface area contributed by atoms with Crippen molar-refractivity contribution < 1.29 is 4.79 Å². The van der Waals surface area contributed by atoms with E-state index in [1.807, 2.05) is 12.1 Å². The Morgan fingerprint density at radius 1 is 1.00 bits per heavy atom. The summed E-state index contributed by atoms with van der Waals surface area (Å²) in [5, 5.41) is 1.44. The van der Waals surface area contributed by atoms with Crippen molar-refractivity contribution in [3.8, 4) is 0 Å². The first kappa shape index (κ1) is 14.9. The van der Waals surface area contributed by atoms with Crippen molar-refractivity contribution in [3.63, 3.8) is 0 Å². The van der Waals surface area contributed by atoms with Crippen molar-refractivity contribution in [1.29, 1.82) is 0 Å². The highest BCUT2D eigenvalue weighted by Gasteiger charge is 2.11. The van der Waals surface area contributed by atoms with Gasteiger partial charge in [0.2, 0.25) is 0 Å². The van der Waals surface area contributed by atoms with Crippen LogP contribution in [0.3, 0.4) is 0 Å². The molecule has 1 nitrogen and oxygen atoms in total. The molecule has 0 atom stereocenters. The summed E-state index contributed by atoms with van der Waals surface area (Å²) in [5.41, 5.74) is 1.25. The molecule has 0 fully saturated rings. The van der Waals surface area contributed by atoms with Gasteiger partial charge in [0, 0.05) is 31.5 Å². The number of benzene rings is 2. The first-order valence-corrected chi connectivity index (χ1v) is 7.31. The lowest BCUT2D eigenvalue weighted by Gasteiger charge is -2.05. The predicted molar refractivity (Wildman–Crippen MR) is 83.6 cm³/mol. The van der Waals surface area contributed by atoms with Crippen LogP contribution in [-0.2, 0) is 6.42 Å². The van der Waals surface area contributed by atoms with Crippen LogP contribution in [0.4, 0.5) is 0 Å². The maximum Gasteiger partial charge on any atom is 0.167 e. The average Bonchev–Trinajstić information content (AvgIpc) is 2.31. The Morgan fingerprint density at radius 3 is 2.21 bits per heavy atom. The minimum atomic E-state index is -0.0753. The summed E-state index contributed by atoms with van der Waals surface area (Å²) in [6.07, 6.45) is 0.211. The highest BCUT2D eigenvalue weighted by molar-refractivity contribution is 9.10. The summed E-state index contributed by atoms with van der Waals surface area (Å²) in [6.45, 7) is 0. The van der Waals surface area contributed by atoms with E-state index in [-0.39, 0.29) is 12.2 Å². The molecule has 0 aliphatic rings. The second kappa shape index (κ2) is 6.27. The second-order valence-electron chi connectivity index (χ2n) is 3.99. The Bertz CT molecular complexity index is 620. The molecule has 0 aliphatic carbocycles. The van der Waals surface area contributed by atoms with E-state index in [1.54, 1.807) is 24.3 Å². The van der Waals surface area contributed by atoms with Crippen LogP contribution < -0.4 is 0 Å². The number of Topliss-reactive ketones (excluding diaryl/α,β-unsaturated/α-hetero) is 1. The first-order chi connectivity index (χ1) is 8.95. The summed E-state index contributed by atoms with van der Waals surface area (Å²) < 4.78 is 0.875. The summed E-state index contributed by atoms with van der Waals surface area (Å²) in [5.74, 6) is -0.0753. The van der Waals surface area contributed by atoms with Crippen LogP contribution in [0.2, 0.25) is 15.1 Å². The molecule has 0 bridgehead atoms. The van der Waals surface area contributed by atoms with E-state index in [9.17, 15) is 4.79 Å². The Kier molecular flexibility index (Phi) is 4.91. The largest absolute Gasteiger partial charge is 0.294 e. The van der Waals surface area contributed by atoms with Crippen molar-refractivity contribution in [2.45, 2.75) is 6.42 Å². The van der Waals surface area contributed by atoms with Crippen LogP contribution in [0.1, 0.15) is 15.9 Å². The molecule has 0 amide bonds. The molecular formula is C14H8BrCl3O. The zero-order chi connectivity index (χ0) is 14.0. The molecule has 0 spiro atoms. The van der Waals surface area contributed by atoms with E-state index in [1.165, 1.54) is 0 Å². The number of ketones is 1. The van der Waals surface area contributed by atoms with Gasteiger partial charge < -0.3 is 0 Å². The minimum Gasteiger partial charge on any atom is -0.294 e. The standard InChI is InChI=1S/C14H8BrCl3O/c15-10-2-1-8(13(18)6-10)5-14(19)9-3-11(16)7-12(17)4-9/h1-4,6-7H,5H2. The molecule has 0 aliphatic heterocycles. The van der Waals surface area contributed by atoms with Gasteiger partial charge in [0.15, 0.2) is 5.78 Å². The van der Waals surface area contributed by atoms with Crippen LogP contribution in [0.15, 0.2) is 40.9 Å².